The Labute approximate surface area is 301 Å². The number of pyridine rings is 1. The third-order valence-corrected chi connectivity index (χ3v) is 10.1. The van der Waals surface area contributed by atoms with Crippen LogP contribution >= 0.6 is 0 Å². The first kappa shape index (κ1) is 29.9. The summed E-state index contributed by atoms with van der Waals surface area (Å²) in [5, 5.41) is 5.96. The highest BCUT2D eigenvalue weighted by Gasteiger charge is 2.16. The molecule has 242 valence electrons. The highest BCUT2D eigenvalue weighted by atomic mass is 14.8. The second-order valence-corrected chi connectivity index (χ2v) is 13.2. The lowest BCUT2D eigenvalue weighted by Crippen LogP contribution is -1.95. The van der Waals surface area contributed by atoms with Crippen LogP contribution in [0.15, 0.2) is 188 Å². The first-order chi connectivity index (χ1) is 25.8. The fourth-order valence-electron chi connectivity index (χ4n) is 7.58. The fourth-order valence-corrected chi connectivity index (χ4v) is 7.58. The van der Waals surface area contributed by atoms with Crippen LogP contribution in [0.5, 0.6) is 0 Å². The van der Waals surface area contributed by atoms with E-state index in [0.717, 1.165) is 50.0 Å². The molecule has 0 aliphatic rings. The summed E-state index contributed by atoms with van der Waals surface area (Å²) in [7, 11) is 0. The third kappa shape index (κ3) is 5.10. The Kier molecular flexibility index (Phi) is 7.14. The second kappa shape index (κ2) is 12.4. The Morgan fingerprint density at radius 1 is 0.288 bits per heavy atom. The summed E-state index contributed by atoms with van der Waals surface area (Å²) < 4.78 is 0. The number of para-hydroxylation sites is 2. The van der Waals surface area contributed by atoms with Crippen molar-refractivity contribution in [1.82, 2.24) is 15.0 Å². The molecule has 0 atom stereocenters. The average molecular weight is 662 g/mol. The molecule has 0 amide bonds. The Hall–Kier alpha value is -6.97. The minimum absolute atomic E-state index is 0.871. The number of hydrogen-bond acceptors (Lipinski definition) is 3. The van der Waals surface area contributed by atoms with Gasteiger partial charge in [0.1, 0.15) is 0 Å². The third-order valence-electron chi connectivity index (χ3n) is 10.1. The van der Waals surface area contributed by atoms with Gasteiger partial charge in [-0.2, -0.15) is 0 Å². The zero-order valence-electron chi connectivity index (χ0n) is 28.2. The SMILES string of the molecule is c1ccc(-c2ccc(-c3nc4ccccc4nc3-c3ccc(-c4ccc(-c5cccc6c5ccc5cccnc56)c5ccccc45)cc3)cc2)cc1. The second-order valence-electron chi connectivity index (χ2n) is 13.2. The summed E-state index contributed by atoms with van der Waals surface area (Å²) in [5.74, 6) is 0. The largest absolute Gasteiger partial charge is 0.256 e. The Balaban J connectivity index is 1.06. The maximum absolute atomic E-state index is 5.18. The van der Waals surface area contributed by atoms with Crippen molar-refractivity contribution in [2.75, 3.05) is 0 Å². The molecular weight excluding hydrogens is 631 g/mol. The lowest BCUT2D eigenvalue weighted by Gasteiger charge is -2.15. The zero-order chi connectivity index (χ0) is 34.4. The standard InChI is InChI=1S/C49H31N3/c1-2-10-32(11-3-1)33-19-23-36(24-20-33)48-49(52-46-18-7-6-17-45(46)51-48)37-25-21-34(22-26-37)38-29-30-42(40-14-5-4-13-39(38)40)41-15-8-16-44-43(41)28-27-35-12-9-31-50-47(35)44/h1-31H. The van der Waals surface area contributed by atoms with Crippen molar-refractivity contribution >= 4 is 43.5 Å². The molecule has 0 saturated carbocycles. The van der Waals surface area contributed by atoms with Gasteiger partial charge in [-0.25, -0.2) is 9.97 Å². The zero-order valence-corrected chi connectivity index (χ0v) is 28.2. The summed E-state index contributed by atoms with van der Waals surface area (Å²) in [4.78, 5) is 15.1. The lowest BCUT2D eigenvalue weighted by molar-refractivity contribution is 1.29. The summed E-state index contributed by atoms with van der Waals surface area (Å²) >= 11 is 0. The van der Waals surface area contributed by atoms with Gasteiger partial charge in [0.05, 0.1) is 27.9 Å². The van der Waals surface area contributed by atoms with Crippen LogP contribution in [-0.4, -0.2) is 15.0 Å². The van der Waals surface area contributed by atoms with Crippen molar-refractivity contribution in [3.05, 3.63) is 188 Å². The number of rotatable bonds is 5. The summed E-state index contributed by atoms with van der Waals surface area (Å²) in [6, 6.07) is 64.3. The van der Waals surface area contributed by atoms with Crippen molar-refractivity contribution in [2.45, 2.75) is 0 Å². The van der Waals surface area contributed by atoms with Crippen LogP contribution in [0.2, 0.25) is 0 Å². The van der Waals surface area contributed by atoms with Gasteiger partial charge in [0.15, 0.2) is 0 Å². The van der Waals surface area contributed by atoms with E-state index in [1.165, 1.54) is 49.4 Å². The minimum Gasteiger partial charge on any atom is -0.256 e. The number of hydrogen-bond donors (Lipinski definition) is 0. The highest BCUT2D eigenvalue weighted by Crippen LogP contribution is 2.40. The molecule has 3 heteroatoms. The molecule has 0 radical (unpaired) electrons. The Morgan fingerprint density at radius 3 is 1.52 bits per heavy atom. The predicted octanol–water partition coefficient (Wildman–Crippen LogP) is 12.8. The van der Waals surface area contributed by atoms with Crippen molar-refractivity contribution in [3.63, 3.8) is 0 Å². The molecule has 0 aliphatic heterocycles. The van der Waals surface area contributed by atoms with Crippen LogP contribution in [0.3, 0.4) is 0 Å². The smallest absolute Gasteiger partial charge is 0.0973 e. The molecular formula is C49H31N3. The molecule has 10 rings (SSSR count). The fraction of sp³-hybridized carbons (Fsp3) is 0. The Morgan fingerprint density at radius 2 is 0.808 bits per heavy atom. The topological polar surface area (TPSA) is 38.7 Å². The van der Waals surface area contributed by atoms with Crippen LogP contribution in [0.25, 0.3) is 99.4 Å². The number of fused-ring (bicyclic) bond motifs is 5. The van der Waals surface area contributed by atoms with Gasteiger partial charge in [-0.3, -0.25) is 4.98 Å². The van der Waals surface area contributed by atoms with Crippen LogP contribution in [0, 0.1) is 0 Å². The summed E-state index contributed by atoms with van der Waals surface area (Å²) in [6.07, 6.45) is 1.88. The molecule has 0 aliphatic carbocycles. The molecule has 8 aromatic carbocycles. The molecule has 0 bridgehead atoms. The maximum atomic E-state index is 5.18. The molecule has 10 aromatic rings. The molecule has 0 N–H and O–H groups in total. The number of benzene rings is 8. The highest BCUT2D eigenvalue weighted by molar-refractivity contribution is 6.14. The van der Waals surface area contributed by atoms with E-state index in [0.29, 0.717) is 0 Å². The average Bonchev–Trinajstić information content (AvgIpc) is 3.23. The van der Waals surface area contributed by atoms with Crippen LogP contribution in [0.4, 0.5) is 0 Å². The van der Waals surface area contributed by atoms with Crippen molar-refractivity contribution in [2.24, 2.45) is 0 Å². The van der Waals surface area contributed by atoms with Gasteiger partial charge in [-0.1, -0.05) is 164 Å². The quantitative estimate of drug-likeness (QED) is 0.172. The van der Waals surface area contributed by atoms with Crippen LogP contribution in [0.1, 0.15) is 0 Å². The van der Waals surface area contributed by atoms with E-state index >= 15 is 0 Å². The van der Waals surface area contributed by atoms with Gasteiger partial charge in [0.2, 0.25) is 0 Å². The Bertz CT molecular complexity index is 2930. The molecule has 0 saturated heterocycles. The van der Waals surface area contributed by atoms with Crippen LogP contribution in [-0.2, 0) is 0 Å². The van der Waals surface area contributed by atoms with Crippen molar-refractivity contribution in [3.8, 4) is 55.9 Å². The molecule has 0 unspecified atom stereocenters. The van der Waals surface area contributed by atoms with E-state index in [-0.39, 0.29) is 0 Å². The van der Waals surface area contributed by atoms with Gasteiger partial charge in [0, 0.05) is 28.1 Å². The first-order valence-corrected chi connectivity index (χ1v) is 17.6. The minimum atomic E-state index is 0.871. The van der Waals surface area contributed by atoms with Crippen molar-refractivity contribution < 1.29 is 0 Å². The van der Waals surface area contributed by atoms with Gasteiger partial charge in [-0.05, 0) is 67.7 Å². The van der Waals surface area contributed by atoms with E-state index in [2.05, 4.69) is 146 Å². The molecule has 3 nitrogen and oxygen atoms in total. The number of nitrogens with zero attached hydrogens (tertiary/aromatic N) is 3. The van der Waals surface area contributed by atoms with E-state index in [4.69, 9.17) is 15.0 Å². The van der Waals surface area contributed by atoms with E-state index in [9.17, 15) is 0 Å². The predicted molar refractivity (Wildman–Crippen MR) is 217 cm³/mol. The van der Waals surface area contributed by atoms with Gasteiger partial charge < -0.3 is 0 Å². The molecule has 2 aromatic heterocycles. The first-order valence-electron chi connectivity index (χ1n) is 17.6. The molecule has 2 heterocycles. The van der Waals surface area contributed by atoms with Crippen LogP contribution < -0.4 is 0 Å². The van der Waals surface area contributed by atoms with Gasteiger partial charge >= 0.3 is 0 Å². The van der Waals surface area contributed by atoms with Gasteiger partial charge in [-0.15, -0.1) is 0 Å². The van der Waals surface area contributed by atoms with E-state index in [1.54, 1.807) is 0 Å². The normalized spacial score (nSPS) is 11.5. The van der Waals surface area contributed by atoms with Crippen molar-refractivity contribution in [1.29, 1.82) is 0 Å². The maximum Gasteiger partial charge on any atom is 0.0973 e. The summed E-state index contributed by atoms with van der Waals surface area (Å²) in [6.45, 7) is 0. The monoisotopic (exact) mass is 661 g/mol. The lowest BCUT2D eigenvalue weighted by atomic mass is 9.89. The molecule has 52 heavy (non-hydrogen) atoms. The van der Waals surface area contributed by atoms with Gasteiger partial charge in [0.25, 0.3) is 0 Å². The summed E-state index contributed by atoms with van der Waals surface area (Å²) in [5.41, 5.74) is 13.7. The molecule has 0 fully saturated rings. The van der Waals surface area contributed by atoms with E-state index < -0.39 is 0 Å². The van der Waals surface area contributed by atoms with E-state index in [1.807, 2.05) is 42.6 Å². The molecule has 0 spiro atoms. The number of aromatic nitrogens is 3.